The standard InChI is InChI=1S/C15H24FNO2/c1-4-19-9-5-6-13(17-2)10-12-7-8-15(18-3)14(16)11-12/h7-8,11,13,17H,4-6,9-10H2,1-3H3. The van der Waals surface area contributed by atoms with E-state index >= 15 is 0 Å². The van der Waals surface area contributed by atoms with Gasteiger partial charge >= 0.3 is 0 Å². The van der Waals surface area contributed by atoms with Gasteiger partial charge in [0.05, 0.1) is 7.11 Å². The van der Waals surface area contributed by atoms with Crippen LogP contribution < -0.4 is 10.1 Å². The van der Waals surface area contributed by atoms with E-state index in [2.05, 4.69) is 5.32 Å². The Morgan fingerprint density at radius 1 is 1.37 bits per heavy atom. The molecule has 108 valence electrons. The lowest BCUT2D eigenvalue weighted by Gasteiger charge is -2.16. The molecule has 0 aliphatic carbocycles. The number of likely N-dealkylation sites (N-methyl/N-ethyl adjacent to an activating group) is 1. The second kappa shape index (κ2) is 8.88. The predicted molar refractivity (Wildman–Crippen MR) is 75.2 cm³/mol. The first kappa shape index (κ1) is 15.9. The van der Waals surface area contributed by atoms with Crippen molar-refractivity contribution in [3.05, 3.63) is 29.6 Å². The summed E-state index contributed by atoms with van der Waals surface area (Å²) in [6, 6.07) is 5.48. The second-order valence-corrected chi connectivity index (χ2v) is 4.50. The minimum absolute atomic E-state index is 0.293. The van der Waals surface area contributed by atoms with Gasteiger partial charge in [-0.15, -0.1) is 0 Å². The average Bonchev–Trinajstić information content (AvgIpc) is 2.42. The minimum Gasteiger partial charge on any atom is -0.494 e. The molecule has 0 saturated heterocycles. The van der Waals surface area contributed by atoms with Gasteiger partial charge in [0.1, 0.15) is 0 Å². The van der Waals surface area contributed by atoms with E-state index in [0.29, 0.717) is 11.8 Å². The first-order valence-corrected chi connectivity index (χ1v) is 6.78. The zero-order valence-corrected chi connectivity index (χ0v) is 12.0. The van der Waals surface area contributed by atoms with Crippen molar-refractivity contribution < 1.29 is 13.9 Å². The molecule has 19 heavy (non-hydrogen) atoms. The number of halogens is 1. The van der Waals surface area contributed by atoms with E-state index in [4.69, 9.17) is 9.47 Å². The molecule has 3 nitrogen and oxygen atoms in total. The van der Waals surface area contributed by atoms with Crippen LogP contribution in [0.4, 0.5) is 4.39 Å². The normalized spacial score (nSPS) is 12.4. The molecule has 1 aromatic rings. The van der Waals surface area contributed by atoms with Gasteiger partial charge in [0, 0.05) is 19.3 Å². The molecule has 0 fully saturated rings. The molecule has 1 rings (SSSR count). The SMILES string of the molecule is CCOCCCC(Cc1ccc(OC)c(F)c1)NC. The van der Waals surface area contributed by atoms with Crippen molar-refractivity contribution in [1.82, 2.24) is 5.32 Å². The van der Waals surface area contributed by atoms with E-state index in [1.807, 2.05) is 20.0 Å². The van der Waals surface area contributed by atoms with Crippen molar-refractivity contribution in [2.24, 2.45) is 0 Å². The van der Waals surface area contributed by atoms with Crippen LogP contribution in [-0.2, 0) is 11.2 Å². The molecule has 0 saturated carbocycles. The summed E-state index contributed by atoms with van der Waals surface area (Å²) in [7, 11) is 3.41. The van der Waals surface area contributed by atoms with E-state index in [1.165, 1.54) is 7.11 Å². The Hall–Kier alpha value is -1.13. The van der Waals surface area contributed by atoms with Gasteiger partial charge in [0.15, 0.2) is 11.6 Å². The maximum atomic E-state index is 13.6. The van der Waals surface area contributed by atoms with Gasteiger partial charge < -0.3 is 14.8 Å². The van der Waals surface area contributed by atoms with Gasteiger partial charge in [-0.3, -0.25) is 0 Å². The van der Waals surface area contributed by atoms with Gasteiger partial charge in [-0.1, -0.05) is 6.07 Å². The maximum Gasteiger partial charge on any atom is 0.165 e. The largest absolute Gasteiger partial charge is 0.494 e. The van der Waals surface area contributed by atoms with Crippen molar-refractivity contribution in [3.63, 3.8) is 0 Å². The highest BCUT2D eigenvalue weighted by Crippen LogP contribution is 2.19. The fourth-order valence-corrected chi connectivity index (χ4v) is 2.05. The van der Waals surface area contributed by atoms with E-state index in [9.17, 15) is 4.39 Å². The Balaban J connectivity index is 2.48. The van der Waals surface area contributed by atoms with Gasteiger partial charge in [0.25, 0.3) is 0 Å². The van der Waals surface area contributed by atoms with Crippen molar-refractivity contribution in [1.29, 1.82) is 0 Å². The number of benzene rings is 1. The van der Waals surface area contributed by atoms with E-state index in [-0.39, 0.29) is 5.82 Å². The Kier molecular flexibility index (Phi) is 7.45. The van der Waals surface area contributed by atoms with Crippen LogP contribution >= 0.6 is 0 Å². The Labute approximate surface area is 115 Å². The molecule has 1 unspecified atom stereocenters. The Morgan fingerprint density at radius 3 is 2.74 bits per heavy atom. The maximum absolute atomic E-state index is 13.6. The van der Waals surface area contributed by atoms with Crippen molar-refractivity contribution in [2.75, 3.05) is 27.4 Å². The van der Waals surface area contributed by atoms with Crippen LogP contribution in [0.3, 0.4) is 0 Å². The van der Waals surface area contributed by atoms with Gasteiger partial charge in [0.2, 0.25) is 0 Å². The quantitative estimate of drug-likeness (QED) is 0.699. The van der Waals surface area contributed by atoms with Crippen molar-refractivity contribution in [2.45, 2.75) is 32.2 Å². The topological polar surface area (TPSA) is 30.5 Å². The van der Waals surface area contributed by atoms with Gasteiger partial charge in [-0.25, -0.2) is 4.39 Å². The summed E-state index contributed by atoms with van der Waals surface area (Å²) in [5.41, 5.74) is 0.981. The van der Waals surface area contributed by atoms with E-state index in [0.717, 1.165) is 38.0 Å². The monoisotopic (exact) mass is 269 g/mol. The van der Waals surface area contributed by atoms with Crippen LogP contribution in [0.2, 0.25) is 0 Å². The summed E-state index contributed by atoms with van der Waals surface area (Å²) in [5.74, 6) is -0.00901. The van der Waals surface area contributed by atoms with E-state index in [1.54, 1.807) is 12.1 Å². The summed E-state index contributed by atoms with van der Waals surface area (Å²) in [5, 5.41) is 3.27. The molecule has 0 aliphatic heterocycles. The lowest BCUT2D eigenvalue weighted by atomic mass is 10.0. The van der Waals surface area contributed by atoms with Gasteiger partial charge in [-0.05, 0) is 50.9 Å². The predicted octanol–water partition coefficient (Wildman–Crippen LogP) is 2.78. The van der Waals surface area contributed by atoms with Crippen LogP contribution in [0.1, 0.15) is 25.3 Å². The van der Waals surface area contributed by atoms with Crippen molar-refractivity contribution >= 4 is 0 Å². The molecule has 0 aliphatic rings. The third-order valence-corrected chi connectivity index (χ3v) is 3.15. The molecule has 1 N–H and O–H groups in total. The Morgan fingerprint density at radius 2 is 2.16 bits per heavy atom. The smallest absolute Gasteiger partial charge is 0.165 e. The summed E-state index contributed by atoms with van der Waals surface area (Å²) in [6.45, 7) is 3.54. The lowest BCUT2D eigenvalue weighted by molar-refractivity contribution is 0.141. The zero-order chi connectivity index (χ0) is 14.1. The molecular formula is C15H24FNO2. The number of hydrogen-bond donors (Lipinski definition) is 1. The molecule has 0 amide bonds. The summed E-state index contributed by atoms with van der Waals surface area (Å²) >= 11 is 0. The van der Waals surface area contributed by atoms with Gasteiger partial charge in [-0.2, -0.15) is 0 Å². The fraction of sp³-hybridized carbons (Fsp3) is 0.600. The van der Waals surface area contributed by atoms with Crippen LogP contribution in [0.5, 0.6) is 5.75 Å². The summed E-state index contributed by atoms with van der Waals surface area (Å²) in [6.07, 6.45) is 2.84. The molecular weight excluding hydrogens is 245 g/mol. The summed E-state index contributed by atoms with van der Waals surface area (Å²) in [4.78, 5) is 0. The molecule has 0 spiro atoms. The first-order chi connectivity index (χ1) is 9.21. The lowest BCUT2D eigenvalue weighted by Crippen LogP contribution is -2.28. The molecule has 0 bridgehead atoms. The first-order valence-electron chi connectivity index (χ1n) is 6.78. The molecule has 0 heterocycles. The van der Waals surface area contributed by atoms with Crippen LogP contribution in [0.25, 0.3) is 0 Å². The third kappa shape index (κ3) is 5.57. The highest BCUT2D eigenvalue weighted by molar-refractivity contribution is 5.29. The Bertz CT molecular complexity index is 371. The van der Waals surface area contributed by atoms with Crippen LogP contribution in [-0.4, -0.2) is 33.4 Å². The minimum atomic E-state index is -0.302. The highest BCUT2D eigenvalue weighted by atomic mass is 19.1. The number of nitrogens with one attached hydrogen (secondary N) is 1. The number of hydrogen-bond acceptors (Lipinski definition) is 3. The summed E-state index contributed by atoms with van der Waals surface area (Å²) < 4.78 is 23.8. The molecule has 0 aromatic heterocycles. The zero-order valence-electron chi connectivity index (χ0n) is 12.0. The van der Waals surface area contributed by atoms with Crippen molar-refractivity contribution in [3.8, 4) is 5.75 Å². The molecule has 0 radical (unpaired) electrons. The fourth-order valence-electron chi connectivity index (χ4n) is 2.05. The third-order valence-electron chi connectivity index (χ3n) is 3.15. The number of rotatable bonds is 9. The number of methoxy groups -OCH3 is 1. The molecule has 1 atom stereocenters. The molecule has 4 heteroatoms. The highest BCUT2D eigenvalue weighted by Gasteiger charge is 2.09. The van der Waals surface area contributed by atoms with Crippen LogP contribution in [0, 0.1) is 5.82 Å². The van der Waals surface area contributed by atoms with Crippen LogP contribution in [0.15, 0.2) is 18.2 Å². The molecule has 1 aromatic carbocycles. The second-order valence-electron chi connectivity index (χ2n) is 4.50. The average molecular weight is 269 g/mol. The number of ether oxygens (including phenoxy) is 2. The van der Waals surface area contributed by atoms with E-state index < -0.39 is 0 Å².